The average Bonchev–Trinajstić information content (AvgIpc) is 2.96. The van der Waals surface area contributed by atoms with Gasteiger partial charge in [0.2, 0.25) is 5.91 Å². The van der Waals surface area contributed by atoms with Crippen molar-refractivity contribution in [2.45, 2.75) is 45.1 Å². The number of carbonyl (C=O) groups excluding carboxylic acids is 1. The van der Waals surface area contributed by atoms with E-state index in [-0.39, 0.29) is 23.8 Å². The van der Waals surface area contributed by atoms with Gasteiger partial charge in [0, 0.05) is 19.1 Å². The highest BCUT2D eigenvalue weighted by atomic mass is 16.4. The molecule has 2 fully saturated rings. The fourth-order valence-corrected chi connectivity index (χ4v) is 3.20. The van der Waals surface area contributed by atoms with E-state index < -0.39 is 5.97 Å². The third kappa shape index (κ3) is 2.36. The van der Waals surface area contributed by atoms with Gasteiger partial charge in [-0.1, -0.05) is 6.92 Å². The first-order valence-electron chi connectivity index (χ1n) is 6.82. The molecule has 0 aliphatic carbocycles. The molecule has 2 saturated heterocycles. The van der Waals surface area contributed by atoms with Crippen molar-refractivity contribution in [1.29, 1.82) is 0 Å². The van der Waals surface area contributed by atoms with Crippen molar-refractivity contribution in [3.63, 3.8) is 0 Å². The van der Waals surface area contributed by atoms with E-state index in [4.69, 9.17) is 5.11 Å². The van der Waals surface area contributed by atoms with Crippen LogP contribution in [0.5, 0.6) is 0 Å². The zero-order valence-electron chi connectivity index (χ0n) is 10.9. The van der Waals surface area contributed by atoms with Gasteiger partial charge in [-0.25, -0.2) is 0 Å². The van der Waals surface area contributed by atoms with Crippen molar-refractivity contribution in [3.8, 4) is 0 Å². The maximum absolute atomic E-state index is 12.7. The molecule has 2 atom stereocenters. The van der Waals surface area contributed by atoms with Crippen LogP contribution in [0.15, 0.2) is 0 Å². The molecular formula is C13H22N2O3. The van der Waals surface area contributed by atoms with Gasteiger partial charge in [0.05, 0.1) is 11.8 Å². The highest BCUT2D eigenvalue weighted by Crippen LogP contribution is 2.35. The van der Waals surface area contributed by atoms with Gasteiger partial charge in [-0.2, -0.15) is 0 Å². The predicted molar refractivity (Wildman–Crippen MR) is 67.2 cm³/mol. The van der Waals surface area contributed by atoms with Gasteiger partial charge in [0.25, 0.3) is 0 Å². The molecule has 2 rings (SSSR count). The normalized spacial score (nSPS) is 31.8. The van der Waals surface area contributed by atoms with Crippen LogP contribution in [-0.4, -0.2) is 47.6 Å². The molecule has 0 aromatic carbocycles. The number of carbonyl (C=O) groups is 2. The zero-order valence-corrected chi connectivity index (χ0v) is 10.9. The van der Waals surface area contributed by atoms with Gasteiger partial charge in [-0.05, 0) is 32.2 Å². The molecule has 1 amide bonds. The minimum Gasteiger partial charge on any atom is -0.481 e. The van der Waals surface area contributed by atoms with Gasteiger partial charge in [0.1, 0.15) is 0 Å². The van der Waals surface area contributed by atoms with Gasteiger partial charge >= 0.3 is 5.97 Å². The van der Waals surface area contributed by atoms with Crippen molar-refractivity contribution in [2.24, 2.45) is 5.41 Å². The quantitative estimate of drug-likeness (QED) is 0.780. The number of carboxylic acid groups (broad SMARTS) is 1. The second kappa shape index (κ2) is 5.26. The van der Waals surface area contributed by atoms with Gasteiger partial charge in [-0.15, -0.1) is 0 Å². The Morgan fingerprint density at radius 2 is 2.28 bits per heavy atom. The van der Waals surface area contributed by atoms with Crippen LogP contribution in [0.25, 0.3) is 0 Å². The summed E-state index contributed by atoms with van der Waals surface area (Å²) in [7, 11) is 0. The van der Waals surface area contributed by atoms with E-state index in [2.05, 4.69) is 5.32 Å². The molecular weight excluding hydrogens is 232 g/mol. The molecule has 0 saturated carbocycles. The fraction of sp³-hybridized carbons (Fsp3) is 0.846. The first kappa shape index (κ1) is 13.3. The van der Waals surface area contributed by atoms with Crippen LogP contribution in [0.4, 0.5) is 0 Å². The Hall–Kier alpha value is -1.10. The largest absolute Gasteiger partial charge is 0.481 e. The second-order valence-corrected chi connectivity index (χ2v) is 5.45. The van der Waals surface area contributed by atoms with Gasteiger partial charge in [-0.3, -0.25) is 9.59 Å². The molecule has 0 radical (unpaired) electrons. The SMILES string of the molecule is CCC1(C(=O)N2CCCC2CC(=O)O)CCNC1. The maximum Gasteiger partial charge on any atom is 0.305 e. The summed E-state index contributed by atoms with van der Waals surface area (Å²) in [5, 5.41) is 12.2. The van der Waals surface area contributed by atoms with E-state index in [1.165, 1.54) is 0 Å². The van der Waals surface area contributed by atoms with Crippen LogP contribution in [0.1, 0.15) is 39.0 Å². The number of amides is 1. The lowest BCUT2D eigenvalue weighted by molar-refractivity contribution is -0.144. The van der Waals surface area contributed by atoms with Gasteiger partial charge < -0.3 is 15.3 Å². The Kier molecular flexibility index (Phi) is 3.90. The maximum atomic E-state index is 12.7. The number of likely N-dealkylation sites (tertiary alicyclic amines) is 1. The number of rotatable bonds is 4. The molecule has 2 heterocycles. The van der Waals surface area contributed by atoms with Crippen LogP contribution in [0.2, 0.25) is 0 Å². The van der Waals surface area contributed by atoms with E-state index in [0.717, 1.165) is 45.3 Å². The molecule has 2 aliphatic rings. The lowest BCUT2D eigenvalue weighted by Gasteiger charge is -2.34. The van der Waals surface area contributed by atoms with Crippen molar-refractivity contribution < 1.29 is 14.7 Å². The van der Waals surface area contributed by atoms with E-state index >= 15 is 0 Å². The number of hydrogen-bond donors (Lipinski definition) is 2. The Bertz CT molecular complexity index is 337. The van der Waals surface area contributed by atoms with E-state index in [9.17, 15) is 9.59 Å². The number of nitrogens with zero attached hydrogens (tertiary/aromatic N) is 1. The highest BCUT2D eigenvalue weighted by Gasteiger charge is 2.44. The lowest BCUT2D eigenvalue weighted by atomic mass is 9.82. The molecule has 5 nitrogen and oxygen atoms in total. The predicted octanol–water partition coefficient (Wildman–Crippen LogP) is 0.842. The summed E-state index contributed by atoms with van der Waals surface area (Å²) in [6.45, 7) is 4.39. The number of carboxylic acids is 1. The first-order valence-corrected chi connectivity index (χ1v) is 6.82. The highest BCUT2D eigenvalue weighted by molar-refractivity contribution is 5.84. The van der Waals surface area contributed by atoms with Crippen LogP contribution < -0.4 is 5.32 Å². The summed E-state index contributed by atoms with van der Waals surface area (Å²) < 4.78 is 0. The molecule has 18 heavy (non-hydrogen) atoms. The molecule has 0 aromatic rings. The molecule has 2 aliphatic heterocycles. The Labute approximate surface area is 108 Å². The summed E-state index contributed by atoms with van der Waals surface area (Å²) in [6, 6.07) is -0.0981. The number of aliphatic carboxylic acids is 1. The first-order chi connectivity index (χ1) is 8.59. The van der Waals surface area contributed by atoms with Crippen molar-refractivity contribution >= 4 is 11.9 Å². The van der Waals surface area contributed by atoms with Gasteiger partial charge in [0.15, 0.2) is 0 Å². The minimum atomic E-state index is -0.810. The van der Waals surface area contributed by atoms with Crippen LogP contribution in [0, 0.1) is 5.41 Å². The van der Waals surface area contributed by atoms with E-state index in [1.807, 2.05) is 11.8 Å². The topological polar surface area (TPSA) is 69.6 Å². The average molecular weight is 254 g/mol. The molecule has 0 bridgehead atoms. The summed E-state index contributed by atoms with van der Waals surface area (Å²) in [5.74, 6) is -0.645. The Morgan fingerprint density at radius 3 is 2.83 bits per heavy atom. The van der Waals surface area contributed by atoms with Crippen LogP contribution >= 0.6 is 0 Å². The molecule has 102 valence electrons. The van der Waals surface area contributed by atoms with E-state index in [0.29, 0.717) is 0 Å². The smallest absolute Gasteiger partial charge is 0.305 e. The Balaban J connectivity index is 2.09. The standard InChI is InChI=1S/C13H22N2O3/c1-2-13(5-6-14-9-13)12(18)15-7-3-4-10(15)8-11(16)17/h10,14H,2-9H2,1H3,(H,16,17). The molecule has 2 N–H and O–H groups in total. The second-order valence-electron chi connectivity index (χ2n) is 5.45. The van der Waals surface area contributed by atoms with Crippen LogP contribution in [-0.2, 0) is 9.59 Å². The third-order valence-electron chi connectivity index (χ3n) is 4.42. The van der Waals surface area contributed by atoms with Crippen molar-refractivity contribution in [1.82, 2.24) is 10.2 Å². The third-order valence-corrected chi connectivity index (χ3v) is 4.42. The Morgan fingerprint density at radius 1 is 1.50 bits per heavy atom. The molecule has 2 unspecified atom stereocenters. The van der Waals surface area contributed by atoms with E-state index in [1.54, 1.807) is 0 Å². The fourth-order valence-electron chi connectivity index (χ4n) is 3.20. The number of nitrogens with one attached hydrogen (secondary N) is 1. The summed E-state index contributed by atoms with van der Waals surface area (Å²) >= 11 is 0. The molecule has 5 heteroatoms. The lowest BCUT2D eigenvalue weighted by Crippen LogP contribution is -2.47. The molecule has 0 spiro atoms. The zero-order chi connectivity index (χ0) is 13.2. The van der Waals surface area contributed by atoms with Crippen LogP contribution in [0.3, 0.4) is 0 Å². The summed E-state index contributed by atoms with van der Waals surface area (Å²) in [4.78, 5) is 25.4. The minimum absolute atomic E-state index is 0.0823. The van der Waals surface area contributed by atoms with Crippen molar-refractivity contribution in [2.75, 3.05) is 19.6 Å². The summed E-state index contributed by atoms with van der Waals surface area (Å²) in [6.07, 6.45) is 3.54. The van der Waals surface area contributed by atoms with Crippen molar-refractivity contribution in [3.05, 3.63) is 0 Å². The summed E-state index contributed by atoms with van der Waals surface area (Å²) in [5.41, 5.74) is -0.291. The molecule has 0 aromatic heterocycles. The monoisotopic (exact) mass is 254 g/mol. The number of hydrogen-bond acceptors (Lipinski definition) is 3.